The van der Waals surface area contributed by atoms with Crippen molar-refractivity contribution in [3.8, 4) is 17.2 Å². The summed E-state index contributed by atoms with van der Waals surface area (Å²) in [5, 5.41) is 0. The number of rotatable bonds is 5. The molecular formula is C22H23NO3. The Morgan fingerprint density at radius 1 is 1.08 bits per heavy atom. The van der Waals surface area contributed by atoms with Crippen LogP contribution in [0.3, 0.4) is 0 Å². The summed E-state index contributed by atoms with van der Waals surface area (Å²) in [6.45, 7) is 0. The summed E-state index contributed by atoms with van der Waals surface area (Å²) in [5.74, 6) is 1.60. The van der Waals surface area contributed by atoms with E-state index in [2.05, 4.69) is 4.98 Å². The zero-order valence-corrected chi connectivity index (χ0v) is 14.8. The molecule has 1 aromatic heterocycles. The van der Waals surface area contributed by atoms with Crippen LogP contribution in [-0.4, -0.2) is 11.0 Å². The standard InChI is InChI=1S/C22H23NO3/c24-21(14-11-16-7-3-1-4-8-16)25-18-12-13-19-20(15-18)26-22(23-19)17-9-5-2-6-10-17/h2,5-6,9-10,12-13,15-16H,1,3-4,7-8,11,14H2. The highest BCUT2D eigenvalue weighted by molar-refractivity contribution is 5.79. The maximum atomic E-state index is 12.1. The molecule has 4 rings (SSSR count). The minimum absolute atomic E-state index is 0.169. The molecule has 0 N–H and O–H groups in total. The molecule has 0 spiro atoms. The highest BCUT2D eigenvalue weighted by Gasteiger charge is 2.16. The largest absolute Gasteiger partial charge is 0.436 e. The van der Waals surface area contributed by atoms with Gasteiger partial charge >= 0.3 is 5.97 Å². The van der Waals surface area contributed by atoms with Crippen LogP contribution in [0.15, 0.2) is 52.9 Å². The summed E-state index contributed by atoms with van der Waals surface area (Å²) < 4.78 is 11.3. The third-order valence-electron chi connectivity index (χ3n) is 5.09. The second-order valence-corrected chi connectivity index (χ2v) is 7.03. The van der Waals surface area contributed by atoms with E-state index < -0.39 is 0 Å². The van der Waals surface area contributed by atoms with Gasteiger partial charge in [0.2, 0.25) is 5.89 Å². The second kappa shape index (κ2) is 7.73. The number of ether oxygens (including phenoxy) is 1. The van der Waals surface area contributed by atoms with Crippen molar-refractivity contribution in [2.45, 2.75) is 44.9 Å². The molecule has 3 aromatic rings. The molecule has 0 amide bonds. The van der Waals surface area contributed by atoms with Gasteiger partial charge in [-0.15, -0.1) is 0 Å². The summed E-state index contributed by atoms with van der Waals surface area (Å²) in [6, 6.07) is 15.1. The van der Waals surface area contributed by atoms with Crippen molar-refractivity contribution in [1.29, 1.82) is 0 Å². The van der Waals surface area contributed by atoms with Crippen LogP contribution in [0.5, 0.6) is 5.75 Å². The lowest BCUT2D eigenvalue weighted by Gasteiger charge is -2.20. The fourth-order valence-electron chi connectivity index (χ4n) is 3.65. The van der Waals surface area contributed by atoms with Crippen molar-refractivity contribution in [2.24, 2.45) is 5.92 Å². The summed E-state index contributed by atoms with van der Waals surface area (Å²) >= 11 is 0. The van der Waals surface area contributed by atoms with Gasteiger partial charge in [-0.2, -0.15) is 0 Å². The average Bonchev–Trinajstić information content (AvgIpc) is 3.11. The number of oxazole rings is 1. The highest BCUT2D eigenvalue weighted by Crippen LogP contribution is 2.29. The van der Waals surface area contributed by atoms with Crippen LogP contribution >= 0.6 is 0 Å². The Morgan fingerprint density at radius 3 is 2.69 bits per heavy atom. The topological polar surface area (TPSA) is 52.3 Å². The maximum absolute atomic E-state index is 12.1. The number of carbonyl (C=O) groups is 1. The van der Waals surface area contributed by atoms with Gasteiger partial charge in [0.25, 0.3) is 0 Å². The molecular weight excluding hydrogens is 326 g/mol. The van der Waals surface area contributed by atoms with Crippen molar-refractivity contribution in [2.75, 3.05) is 0 Å². The molecule has 4 nitrogen and oxygen atoms in total. The van der Waals surface area contributed by atoms with Gasteiger partial charge in [-0.25, -0.2) is 4.98 Å². The Labute approximate surface area is 153 Å². The molecule has 1 aliphatic rings. The number of fused-ring (bicyclic) bond motifs is 1. The van der Waals surface area contributed by atoms with Gasteiger partial charge in [-0.05, 0) is 36.6 Å². The van der Waals surface area contributed by atoms with Crippen LogP contribution in [0, 0.1) is 5.92 Å². The lowest BCUT2D eigenvalue weighted by molar-refractivity contribution is -0.134. The van der Waals surface area contributed by atoms with Crippen molar-refractivity contribution >= 4 is 17.1 Å². The number of nitrogens with zero attached hydrogens (tertiary/aromatic N) is 1. The maximum Gasteiger partial charge on any atom is 0.311 e. The van der Waals surface area contributed by atoms with E-state index in [0.717, 1.165) is 17.5 Å². The monoisotopic (exact) mass is 349 g/mol. The van der Waals surface area contributed by atoms with E-state index in [0.29, 0.717) is 29.6 Å². The van der Waals surface area contributed by atoms with Gasteiger partial charge < -0.3 is 9.15 Å². The van der Waals surface area contributed by atoms with Crippen LogP contribution in [0.2, 0.25) is 0 Å². The molecule has 1 aliphatic carbocycles. The smallest absolute Gasteiger partial charge is 0.311 e. The Balaban J connectivity index is 1.41. The fraction of sp³-hybridized carbons (Fsp3) is 0.364. The van der Waals surface area contributed by atoms with E-state index in [9.17, 15) is 4.79 Å². The predicted octanol–water partition coefficient (Wildman–Crippen LogP) is 5.76. The van der Waals surface area contributed by atoms with Crippen LogP contribution < -0.4 is 4.74 Å². The number of carbonyl (C=O) groups excluding carboxylic acids is 1. The summed E-state index contributed by atoms with van der Waals surface area (Å²) in [4.78, 5) is 16.6. The molecule has 0 aliphatic heterocycles. The predicted molar refractivity (Wildman–Crippen MR) is 101 cm³/mol. The quantitative estimate of drug-likeness (QED) is 0.434. The average molecular weight is 349 g/mol. The SMILES string of the molecule is O=C(CCC1CCCCC1)Oc1ccc2nc(-c3ccccc3)oc2c1. The van der Waals surface area contributed by atoms with Gasteiger partial charge in [0, 0.05) is 18.1 Å². The zero-order chi connectivity index (χ0) is 17.8. The van der Waals surface area contributed by atoms with Crippen LogP contribution in [0.1, 0.15) is 44.9 Å². The third kappa shape index (κ3) is 3.96. The molecule has 0 bridgehead atoms. The normalized spacial score (nSPS) is 15.2. The lowest BCUT2D eigenvalue weighted by atomic mass is 9.86. The molecule has 4 heteroatoms. The van der Waals surface area contributed by atoms with Crippen molar-refractivity contribution in [3.63, 3.8) is 0 Å². The first-order chi connectivity index (χ1) is 12.8. The molecule has 1 saturated carbocycles. The molecule has 1 heterocycles. The molecule has 26 heavy (non-hydrogen) atoms. The first kappa shape index (κ1) is 16.8. The van der Waals surface area contributed by atoms with E-state index >= 15 is 0 Å². The van der Waals surface area contributed by atoms with Gasteiger partial charge in [-0.1, -0.05) is 50.3 Å². The van der Waals surface area contributed by atoms with E-state index in [1.165, 1.54) is 32.1 Å². The van der Waals surface area contributed by atoms with Crippen LogP contribution in [0.25, 0.3) is 22.6 Å². The van der Waals surface area contributed by atoms with Gasteiger partial charge in [0.1, 0.15) is 11.3 Å². The number of hydrogen-bond acceptors (Lipinski definition) is 4. The zero-order valence-electron chi connectivity index (χ0n) is 14.8. The molecule has 1 fully saturated rings. The van der Waals surface area contributed by atoms with Crippen LogP contribution in [0.4, 0.5) is 0 Å². The molecule has 0 radical (unpaired) electrons. The first-order valence-electron chi connectivity index (χ1n) is 9.44. The molecule has 134 valence electrons. The van der Waals surface area contributed by atoms with E-state index in [1.807, 2.05) is 36.4 Å². The van der Waals surface area contributed by atoms with Gasteiger partial charge in [0.05, 0.1) is 0 Å². The summed E-state index contributed by atoms with van der Waals surface area (Å²) in [7, 11) is 0. The minimum Gasteiger partial charge on any atom is -0.436 e. The first-order valence-corrected chi connectivity index (χ1v) is 9.44. The second-order valence-electron chi connectivity index (χ2n) is 7.03. The van der Waals surface area contributed by atoms with Crippen LogP contribution in [-0.2, 0) is 4.79 Å². The Bertz CT molecular complexity index is 879. The van der Waals surface area contributed by atoms with E-state index in [4.69, 9.17) is 9.15 Å². The van der Waals surface area contributed by atoms with Crippen molar-refractivity contribution in [1.82, 2.24) is 4.98 Å². The van der Waals surface area contributed by atoms with E-state index in [-0.39, 0.29) is 5.97 Å². The number of benzene rings is 2. The fourth-order valence-corrected chi connectivity index (χ4v) is 3.65. The Morgan fingerprint density at radius 2 is 1.88 bits per heavy atom. The summed E-state index contributed by atoms with van der Waals surface area (Å²) in [6.07, 6.45) is 7.84. The molecule has 0 unspecified atom stereocenters. The number of aromatic nitrogens is 1. The highest BCUT2D eigenvalue weighted by atomic mass is 16.5. The van der Waals surface area contributed by atoms with Crippen molar-refractivity contribution < 1.29 is 13.9 Å². The number of esters is 1. The van der Waals surface area contributed by atoms with Crippen molar-refractivity contribution in [3.05, 3.63) is 48.5 Å². The van der Waals surface area contributed by atoms with Gasteiger partial charge in [-0.3, -0.25) is 4.79 Å². The Kier molecular flexibility index (Phi) is 5.00. The van der Waals surface area contributed by atoms with Gasteiger partial charge in [0.15, 0.2) is 5.58 Å². The number of hydrogen-bond donors (Lipinski definition) is 0. The minimum atomic E-state index is -0.169. The third-order valence-corrected chi connectivity index (χ3v) is 5.09. The van der Waals surface area contributed by atoms with E-state index in [1.54, 1.807) is 12.1 Å². The molecule has 0 atom stereocenters. The molecule has 2 aromatic carbocycles. The lowest BCUT2D eigenvalue weighted by Crippen LogP contribution is -2.12. The molecule has 0 saturated heterocycles. The Hall–Kier alpha value is -2.62. The summed E-state index contributed by atoms with van der Waals surface area (Å²) in [5.41, 5.74) is 2.31.